The van der Waals surface area contributed by atoms with Crippen LogP contribution in [0, 0.1) is 0 Å². The van der Waals surface area contributed by atoms with Crippen molar-refractivity contribution in [3.05, 3.63) is 35.9 Å². The summed E-state index contributed by atoms with van der Waals surface area (Å²) in [6.07, 6.45) is 6.61. The lowest BCUT2D eigenvalue weighted by Crippen LogP contribution is -2.01. The third-order valence-corrected chi connectivity index (χ3v) is 2.75. The van der Waals surface area contributed by atoms with E-state index in [1.807, 2.05) is 31.5 Å². The van der Waals surface area contributed by atoms with Crippen molar-refractivity contribution < 1.29 is 4.79 Å². The first-order valence-corrected chi connectivity index (χ1v) is 6.28. The van der Waals surface area contributed by atoms with Crippen LogP contribution in [0.1, 0.15) is 43.0 Å². The van der Waals surface area contributed by atoms with E-state index in [1.54, 1.807) is 23.2 Å². The molecule has 0 atom stereocenters. The number of aryl methyl sites for hydroxylation is 1. The molecule has 2 rings (SSSR count). The standard InChI is InChI=1S/C13H17N5O/c1-4-17-11(7-8-14-17)5-6-13(19)12-9-18(10(2)3)16-15-12/h5-10H,4H2,1-3H3. The maximum Gasteiger partial charge on any atom is 0.207 e. The van der Waals surface area contributed by atoms with Gasteiger partial charge in [-0.25, -0.2) is 4.68 Å². The Morgan fingerprint density at radius 1 is 1.47 bits per heavy atom. The number of carbonyl (C=O) groups is 1. The predicted octanol–water partition coefficient (Wildman–Crippen LogP) is 1.97. The molecule has 0 aliphatic heterocycles. The Morgan fingerprint density at radius 3 is 2.89 bits per heavy atom. The lowest BCUT2D eigenvalue weighted by Gasteiger charge is -2.00. The zero-order valence-corrected chi connectivity index (χ0v) is 11.3. The van der Waals surface area contributed by atoms with Gasteiger partial charge in [-0.2, -0.15) is 5.10 Å². The summed E-state index contributed by atoms with van der Waals surface area (Å²) < 4.78 is 3.48. The number of hydrogen-bond acceptors (Lipinski definition) is 4. The van der Waals surface area contributed by atoms with Crippen LogP contribution in [-0.4, -0.2) is 30.6 Å². The molecule has 2 aromatic heterocycles. The van der Waals surface area contributed by atoms with Crippen LogP contribution in [0.4, 0.5) is 0 Å². The van der Waals surface area contributed by atoms with Gasteiger partial charge < -0.3 is 0 Å². The summed E-state index contributed by atoms with van der Waals surface area (Å²) >= 11 is 0. The van der Waals surface area contributed by atoms with Crippen molar-refractivity contribution in [3.8, 4) is 0 Å². The highest BCUT2D eigenvalue weighted by molar-refractivity contribution is 6.05. The Bertz CT molecular complexity index is 594. The van der Waals surface area contributed by atoms with Crippen molar-refractivity contribution in [2.75, 3.05) is 0 Å². The molecule has 0 aromatic carbocycles. The average Bonchev–Trinajstić information content (AvgIpc) is 3.04. The number of allylic oxidation sites excluding steroid dienone is 1. The van der Waals surface area contributed by atoms with Gasteiger partial charge in [-0.1, -0.05) is 5.21 Å². The number of nitrogens with zero attached hydrogens (tertiary/aromatic N) is 5. The molecular weight excluding hydrogens is 242 g/mol. The lowest BCUT2D eigenvalue weighted by atomic mass is 10.2. The van der Waals surface area contributed by atoms with Crippen molar-refractivity contribution in [3.63, 3.8) is 0 Å². The molecule has 6 nitrogen and oxygen atoms in total. The van der Waals surface area contributed by atoms with Crippen LogP contribution in [-0.2, 0) is 6.54 Å². The molecule has 0 aliphatic carbocycles. The van der Waals surface area contributed by atoms with E-state index < -0.39 is 0 Å². The molecule has 0 saturated carbocycles. The van der Waals surface area contributed by atoms with E-state index in [1.165, 1.54) is 6.08 Å². The Kier molecular flexibility index (Phi) is 3.89. The van der Waals surface area contributed by atoms with Gasteiger partial charge in [-0.05, 0) is 39.0 Å². The highest BCUT2D eigenvalue weighted by atomic mass is 16.1. The van der Waals surface area contributed by atoms with Gasteiger partial charge in [0.15, 0.2) is 5.69 Å². The number of rotatable bonds is 5. The number of aromatic nitrogens is 5. The van der Waals surface area contributed by atoms with E-state index in [2.05, 4.69) is 15.4 Å². The molecule has 0 bridgehead atoms. The summed E-state index contributed by atoms with van der Waals surface area (Å²) in [6.45, 7) is 6.74. The Labute approximate surface area is 111 Å². The largest absolute Gasteiger partial charge is 0.287 e. The normalized spacial score (nSPS) is 11.6. The SMILES string of the molecule is CCn1nccc1C=CC(=O)c1cn(C(C)C)nn1. The van der Waals surface area contributed by atoms with Gasteiger partial charge in [0.1, 0.15) is 0 Å². The quantitative estimate of drug-likeness (QED) is 0.608. The number of hydrogen-bond donors (Lipinski definition) is 0. The molecule has 0 unspecified atom stereocenters. The van der Waals surface area contributed by atoms with Crippen LogP contribution >= 0.6 is 0 Å². The van der Waals surface area contributed by atoms with Crippen molar-refractivity contribution >= 4 is 11.9 Å². The molecule has 2 heterocycles. The van der Waals surface area contributed by atoms with Gasteiger partial charge in [-0.3, -0.25) is 9.48 Å². The molecule has 0 fully saturated rings. The predicted molar refractivity (Wildman–Crippen MR) is 71.7 cm³/mol. The van der Waals surface area contributed by atoms with Gasteiger partial charge in [0.05, 0.1) is 11.9 Å². The summed E-state index contributed by atoms with van der Waals surface area (Å²) in [4.78, 5) is 11.9. The minimum atomic E-state index is -0.157. The molecule has 0 aliphatic rings. The fraction of sp³-hybridized carbons (Fsp3) is 0.385. The Balaban J connectivity index is 2.12. The van der Waals surface area contributed by atoms with E-state index in [9.17, 15) is 4.79 Å². The van der Waals surface area contributed by atoms with Crippen molar-refractivity contribution in [1.29, 1.82) is 0 Å². The number of ketones is 1. The maximum atomic E-state index is 11.9. The molecule has 100 valence electrons. The molecule has 0 spiro atoms. The average molecular weight is 259 g/mol. The second kappa shape index (κ2) is 5.60. The molecule has 0 amide bonds. The second-order valence-corrected chi connectivity index (χ2v) is 4.45. The van der Waals surface area contributed by atoms with E-state index in [4.69, 9.17) is 0 Å². The molecule has 0 N–H and O–H groups in total. The molecule has 0 saturated heterocycles. The first-order chi connectivity index (χ1) is 9.11. The molecule has 0 radical (unpaired) electrons. The van der Waals surface area contributed by atoms with Gasteiger partial charge >= 0.3 is 0 Å². The molecule has 19 heavy (non-hydrogen) atoms. The Morgan fingerprint density at radius 2 is 2.26 bits per heavy atom. The molecular formula is C13H17N5O. The summed E-state index contributed by atoms with van der Waals surface area (Å²) in [7, 11) is 0. The summed E-state index contributed by atoms with van der Waals surface area (Å²) in [6, 6.07) is 2.05. The topological polar surface area (TPSA) is 65.6 Å². The van der Waals surface area contributed by atoms with Gasteiger partial charge in [0.25, 0.3) is 0 Å². The third kappa shape index (κ3) is 2.96. The monoisotopic (exact) mass is 259 g/mol. The zero-order valence-electron chi connectivity index (χ0n) is 11.3. The maximum absolute atomic E-state index is 11.9. The summed E-state index contributed by atoms with van der Waals surface area (Å²) in [5.74, 6) is -0.157. The molecule has 2 aromatic rings. The first-order valence-electron chi connectivity index (χ1n) is 6.28. The fourth-order valence-electron chi connectivity index (χ4n) is 1.64. The summed E-state index contributed by atoms with van der Waals surface area (Å²) in [5.41, 5.74) is 1.25. The van der Waals surface area contributed by atoms with Gasteiger partial charge in [0, 0.05) is 18.8 Å². The van der Waals surface area contributed by atoms with E-state index in [0.29, 0.717) is 5.69 Å². The van der Waals surface area contributed by atoms with Crippen molar-refractivity contribution in [2.24, 2.45) is 0 Å². The zero-order chi connectivity index (χ0) is 13.8. The van der Waals surface area contributed by atoms with Crippen LogP contribution < -0.4 is 0 Å². The fourth-order valence-corrected chi connectivity index (χ4v) is 1.64. The summed E-state index contributed by atoms with van der Waals surface area (Å²) in [5, 5.41) is 11.9. The van der Waals surface area contributed by atoms with E-state index in [0.717, 1.165) is 12.2 Å². The molecule has 6 heteroatoms. The van der Waals surface area contributed by atoms with Crippen LogP contribution in [0.3, 0.4) is 0 Å². The van der Waals surface area contributed by atoms with Crippen LogP contribution in [0.15, 0.2) is 24.5 Å². The highest BCUT2D eigenvalue weighted by Gasteiger charge is 2.09. The van der Waals surface area contributed by atoms with Crippen LogP contribution in [0.2, 0.25) is 0 Å². The van der Waals surface area contributed by atoms with E-state index in [-0.39, 0.29) is 11.8 Å². The lowest BCUT2D eigenvalue weighted by molar-refractivity contribution is 0.104. The van der Waals surface area contributed by atoms with Gasteiger partial charge in [0.2, 0.25) is 5.78 Å². The minimum absolute atomic E-state index is 0.157. The third-order valence-electron chi connectivity index (χ3n) is 2.75. The van der Waals surface area contributed by atoms with Crippen LogP contribution in [0.25, 0.3) is 6.08 Å². The Hall–Kier alpha value is -2.24. The van der Waals surface area contributed by atoms with Crippen LogP contribution in [0.5, 0.6) is 0 Å². The second-order valence-electron chi connectivity index (χ2n) is 4.45. The van der Waals surface area contributed by atoms with Crippen molar-refractivity contribution in [2.45, 2.75) is 33.4 Å². The van der Waals surface area contributed by atoms with E-state index >= 15 is 0 Å². The smallest absolute Gasteiger partial charge is 0.207 e. The van der Waals surface area contributed by atoms with Gasteiger partial charge in [-0.15, -0.1) is 5.10 Å². The highest BCUT2D eigenvalue weighted by Crippen LogP contribution is 2.06. The minimum Gasteiger partial charge on any atom is -0.287 e. The van der Waals surface area contributed by atoms with Crippen molar-refractivity contribution in [1.82, 2.24) is 24.8 Å². The number of carbonyl (C=O) groups excluding carboxylic acids is 1. The first kappa shape index (κ1) is 13.2.